The van der Waals surface area contributed by atoms with Crippen LogP contribution in [0.4, 0.5) is 5.69 Å². The first-order valence-electron chi connectivity index (χ1n) is 6.82. The normalized spacial score (nSPS) is 17.3. The summed E-state index contributed by atoms with van der Waals surface area (Å²) in [5.74, 6) is 0. The van der Waals surface area contributed by atoms with E-state index in [4.69, 9.17) is 0 Å². The number of piperidine rings is 1. The number of benzene rings is 1. The zero-order chi connectivity index (χ0) is 13.7. The molecule has 0 amide bonds. The molecule has 1 fully saturated rings. The number of para-hydroxylation sites is 1. The molecular weight excluding hydrogens is 260 g/mol. The zero-order valence-corrected chi connectivity index (χ0v) is 12.3. The summed E-state index contributed by atoms with van der Waals surface area (Å²) in [6.07, 6.45) is 5.02. The number of nitrogens with zero attached hydrogens (tertiary/aromatic N) is 2. The van der Waals surface area contributed by atoms with Crippen molar-refractivity contribution in [3.63, 3.8) is 0 Å². The van der Waals surface area contributed by atoms with Gasteiger partial charge >= 0.3 is 0 Å². The maximum atomic E-state index is 11.9. The Morgan fingerprint density at radius 3 is 2.32 bits per heavy atom. The largest absolute Gasteiger partial charge is 0.302 e. The van der Waals surface area contributed by atoms with Gasteiger partial charge in [-0.15, -0.1) is 0 Å². The van der Waals surface area contributed by atoms with Crippen LogP contribution in [-0.4, -0.2) is 45.8 Å². The molecule has 1 aliphatic heterocycles. The van der Waals surface area contributed by atoms with Crippen molar-refractivity contribution in [1.82, 2.24) is 4.90 Å². The van der Waals surface area contributed by atoms with E-state index in [2.05, 4.69) is 4.90 Å². The predicted molar refractivity (Wildman–Crippen MR) is 78.9 cm³/mol. The molecule has 5 heteroatoms. The molecule has 0 radical (unpaired) electrons. The maximum absolute atomic E-state index is 11.9. The van der Waals surface area contributed by atoms with E-state index in [0.29, 0.717) is 6.54 Å². The Morgan fingerprint density at radius 1 is 1.11 bits per heavy atom. The SMILES string of the molecule is CS(=O)(=O)N(CCN1CCCCC1)c1ccccc1. The van der Waals surface area contributed by atoms with E-state index >= 15 is 0 Å². The second-order valence-corrected chi connectivity index (χ2v) is 6.98. The topological polar surface area (TPSA) is 40.6 Å². The third-order valence-corrected chi connectivity index (χ3v) is 4.71. The highest BCUT2D eigenvalue weighted by molar-refractivity contribution is 7.92. The fourth-order valence-corrected chi connectivity index (χ4v) is 3.41. The number of likely N-dealkylation sites (tertiary alicyclic amines) is 1. The van der Waals surface area contributed by atoms with Gasteiger partial charge in [-0.1, -0.05) is 24.6 Å². The first-order valence-corrected chi connectivity index (χ1v) is 8.67. The van der Waals surface area contributed by atoms with E-state index in [0.717, 1.165) is 25.3 Å². The summed E-state index contributed by atoms with van der Waals surface area (Å²) in [7, 11) is -3.21. The number of anilines is 1. The molecule has 1 aliphatic rings. The number of rotatable bonds is 5. The highest BCUT2D eigenvalue weighted by Crippen LogP contribution is 2.17. The van der Waals surface area contributed by atoms with Crippen LogP contribution in [0.1, 0.15) is 19.3 Å². The van der Waals surface area contributed by atoms with Crippen molar-refractivity contribution >= 4 is 15.7 Å². The Bertz CT molecular complexity index is 481. The van der Waals surface area contributed by atoms with Crippen molar-refractivity contribution in [3.8, 4) is 0 Å². The Hall–Kier alpha value is -1.07. The molecule has 0 atom stereocenters. The molecule has 106 valence electrons. The summed E-state index contributed by atoms with van der Waals surface area (Å²) < 4.78 is 25.3. The van der Waals surface area contributed by atoms with Crippen molar-refractivity contribution in [1.29, 1.82) is 0 Å². The van der Waals surface area contributed by atoms with Crippen molar-refractivity contribution in [2.24, 2.45) is 0 Å². The van der Waals surface area contributed by atoms with Crippen LogP contribution in [0, 0.1) is 0 Å². The van der Waals surface area contributed by atoms with Crippen LogP contribution in [0.5, 0.6) is 0 Å². The molecule has 1 heterocycles. The Labute approximate surface area is 116 Å². The first-order chi connectivity index (χ1) is 9.07. The summed E-state index contributed by atoms with van der Waals surface area (Å²) >= 11 is 0. The lowest BCUT2D eigenvalue weighted by Crippen LogP contribution is -2.40. The van der Waals surface area contributed by atoms with Gasteiger partial charge in [-0.25, -0.2) is 8.42 Å². The lowest BCUT2D eigenvalue weighted by atomic mass is 10.1. The molecule has 1 saturated heterocycles. The average Bonchev–Trinajstić information content (AvgIpc) is 2.40. The van der Waals surface area contributed by atoms with Gasteiger partial charge in [0.1, 0.15) is 0 Å². The Morgan fingerprint density at radius 2 is 1.74 bits per heavy atom. The monoisotopic (exact) mass is 282 g/mol. The van der Waals surface area contributed by atoms with Crippen molar-refractivity contribution in [2.45, 2.75) is 19.3 Å². The number of hydrogen-bond donors (Lipinski definition) is 0. The summed E-state index contributed by atoms with van der Waals surface area (Å²) in [5, 5.41) is 0. The predicted octanol–water partition coefficient (Wildman–Crippen LogP) is 1.94. The van der Waals surface area contributed by atoms with Crippen LogP contribution in [0.3, 0.4) is 0 Å². The van der Waals surface area contributed by atoms with Crippen LogP contribution in [0.2, 0.25) is 0 Å². The quantitative estimate of drug-likeness (QED) is 0.828. The molecule has 19 heavy (non-hydrogen) atoms. The summed E-state index contributed by atoms with van der Waals surface area (Å²) in [4.78, 5) is 2.35. The van der Waals surface area contributed by atoms with Crippen LogP contribution in [0.25, 0.3) is 0 Å². The van der Waals surface area contributed by atoms with Gasteiger partial charge in [0, 0.05) is 13.1 Å². The molecule has 0 saturated carbocycles. The van der Waals surface area contributed by atoms with E-state index in [1.807, 2.05) is 30.3 Å². The molecule has 0 aromatic heterocycles. The minimum absolute atomic E-state index is 0.531. The Balaban J connectivity index is 2.03. The minimum atomic E-state index is -3.21. The first kappa shape index (κ1) is 14.3. The maximum Gasteiger partial charge on any atom is 0.232 e. The third-order valence-electron chi connectivity index (χ3n) is 3.51. The van der Waals surface area contributed by atoms with Gasteiger partial charge in [-0.3, -0.25) is 4.31 Å². The molecule has 0 spiro atoms. The summed E-state index contributed by atoms with van der Waals surface area (Å²) in [5.41, 5.74) is 0.752. The second-order valence-electron chi connectivity index (χ2n) is 5.07. The standard InChI is InChI=1S/C14H22N2O2S/c1-19(17,18)16(14-8-4-2-5-9-14)13-12-15-10-6-3-7-11-15/h2,4-5,8-9H,3,6-7,10-13H2,1H3. The summed E-state index contributed by atoms with van der Waals surface area (Å²) in [6.45, 7) is 3.52. The van der Waals surface area contributed by atoms with Crippen LogP contribution in [-0.2, 0) is 10.0 Å². The molecular formula is C14H22N2O2S. The van der Waals surface area contributed by atoms with Gasteiger partial charge in [0.2, 0.25) is 10.0 Å². The highest BCUT2D eigenvalue weighted by Gasteiger charge is 2.18. The van der Waals surface area contributed by atoms with E-state index in [9.17, 15) is 8.42 Å². The van der Waals surface area contributed by atoms with Gasteiger partial charge in [-0.2, -0.15) is 0 Å². The molecule has 4 nitrogen and oxygen atoms in total. The summed E-state index contributed by atoms with van der Waals surface area (Å²) in [6, 6.07) is 9.33. The minimum Gasteiger partial charge on any atom is -0.302 e. The lowest BCUT2D eigenvalue weighted by molar-refractivity contribution is 0.235. The van der Waals surface area contributed by atoms with E-state index in [-0.39, 0.29) is 0 Å². The van der Waals surface area contributed by atoms with Crippen LogP contribution < -0.4 is 4.31 Å². The molecule has 1 aromatic carbocycles. The van der Waals surface area contributed by atoms with Crippen molar-refractivity contribution < 1.29 is 8.42 Å². The van der Waals surface area contributed by atoms with Gasteiger partial charge < -0.3 is 4.90 Å². The van der Waals surface area contributed by atoms with Gasteiger partial charge in [-0.05, 0) is 38.1 Å². The van der Waals surface area contributed by atoms with Crippen LogP contribution >= 0.6 is 0 Å². The second kappa shape index (κ2) is 6.39. The van der Waals surface area contributed by atoms with Gasteiger partial charge in [0.15, 0.2) is 0 Å². The zero-order valence-electron chi connectivity index (χ0n) is 11.5. The van der Waals surface area contributed by atoms with E-state index < -0.39 is 10.0 Å². The molecule has 2 rings (SSSR count). The van der Waals surface area contributed by atoms with E-state index in [1.165, 1.54) is 29.8 Å². The number of sulfonamides is 1. The molecule has 0 bridgehead atoms. The Kier molecular flexibility index (Phi) is 4.82. The molecule has 0 aliphatic carbocycles. The molecule has 1 aromatic rings. The van der Waals surface area contributed by atoms with Gasteiger partial charge in [0.25, 0.3) is 0 Å². The van der Waals surface area contributed by atoms with E-state index in [1.54, 1.807) is 0 Å². The number of hydrogen-bond acceptors (Lipinski definition) is 3. The molecule has 0 N–H and O–H groups in total. The van der Waals surface area contributed by atoms with Gasteiger partial charge in [0.05, 0.1) is 11.9 Å². The fraction of sp³-hybridized carbons (Fsp3) is 0.571. The molecule has 0 unspecified atom stereocenters. The third kappa shape index (κ3) is 4.21. The van der Waals surface area contributed by atoms with Crippen molar-refractivity contribution in [2.75, 3.05) is 36.7 Å². The lowest BCUT2D eigenvalue weighted by Gasteiger charge is -2.30. The van der Waals surface area contributed by atoms with Crippen LogP contribution in [0.15, 0.2) is 30.3 Å². The fourth-order valence-electron chi connectivity index (χ4n) is 2.50. The highest BCUT2D eigenvalue weighted by atomic mass is 32.2. The van der Waals surface area contributed by atoms with Crippen molar-refractivity contribution in [3.05, 3.63) is 30.3 Å². The average molecular weight is 282 g/mol. The smallest absolute Gasteiger partial charge is 0.232 e.